The molecular weight excluding hydrogens is 212 g/mol. The molecule has 1 atom stereocenters. The van der Waals surface area contributed by atoms with Crippen LogP contribution in [0.5, 0.6) is 0 Å². The van der Waals surface area contributed by atoms with Gasteiger partial charge in [0.1, 0.15) is 0 Å². The first-order valence-corrected chi connectivity index (χ1v) is 5.66. The van der Waals surface area contributed by atoms with Gasteiger partial charge >= 0.3 is 0 Å². The van der Waals surface area contributed by atoms with Gasteiger partial charge in [0.15, 0.2) is 0 Å². The fraction of sp³-hybridized carbons (Fsp3) is 0.357. The standard InChI is InChI=1S/C14H18N2O/c1-4-7-11(2)15-10-13-8-5-6-9-14(13)16-12(3)17/h1,5-6,8-9,11,15H,7,10H2,2-3H3,(H,16,17). The maximum absolute atomic E-state index is 11.0. The van der Waals surface area contributed by atoms with Crippen LogP contribution in [0.4, 0.5) is 5.69 Å². The Balaban J connectivity index is 2.64. The SMILES string of the molecule is C#CCC(C)NCc1ccccc1NC(C)=O. The van der Waals surface area contributed by atoms with Crippen molar-refractivity contribution in [3.63, 3.8) is 0 Å². The summed E-state index contributed by atoms with van der Waals surface area (Å²) in [6.07, 6.45) is 5.94. The zero-order chi connectivity index (χ0) is 12.7. The van der Waals surface area contributed by atoms with Gasteiger partial charge < -0.3 is 10.6 Å². The quantitative estimate of drug-likeness (QED) is 0.761. The van der Waals surface area contributed by atoms with Gasteiger partial charge in [0.05, 0.1) is 0 Å². The van der Waals surface area contributed by atoms with Crippen LogP contribution < -0.4 is 10.6 Å². The molecule has 0 fully saturated rings. The van der Waals surface area contributed by atoms with Gasteiger partial charge in [-0.2, -0.15) is 0 Å². The zero-order valence-electron chi connectivity index (χ0n) is 10.3. The third-order valence-electron chi connectivity index (χ3n) is 2.39. The van der Waals surface area contributed by atoms with Crippen LogP contribution in [0.2, 0.25) is 0 Å². The first-order chi connectivity index (χ1) is 8.13. The van der Waals surface area contributed by atoms with Gasteiger partial charge in [0.25, 0.3) is 0 Å². The number of para-hydroxylation sites is 1. The summed E-state index contributed by atoms with van der Waals surface area (Å²) in [4.78, 5) is 11.0. The number of rotatable bonds is 5. The molecule has 0 spiro atoms. The van der Waals surface area contributed by atoms with Crippen molar-refractivity contribution in [2.24, 2.45) is 0 Å². The molecule has 1 amide bonds. The van der Waals surface area contributed by atoms with Crippen LogP contribution in [-0.2, 0) is 11.3 Å². The lowest BCUT2D eigenvalue weighted by atomic mass is 10.1. The molecule has 0 bridgehead atoms. The minimum absolute atomic E-state index is 0.0610. The fourth-order valence-corrected chi connectivity index (χ4v) is 1.52. The van der Waals surface area contributed by atoms with E-state index in [1.165, 1.54) is 6.92 Å². The molecule has 2 N–H and O–H groups in total. The number of nitrogens with one attached hydrogen (secondary N) is 2. The number of carbonyl (C=O) groups is 1. The molecule has 0 aromatic heterocycles. The smallest absolute Gasteiger partial charge is 0.221 e. The van der Waals surface area contributed by atoms with Crippen molar-refractivity contribution < 1.29 is 4.79 Å². The maximum atomic E-state index is 11.0. The third kappa shape index (κ3) is 4.71. The minimum Gasteiger partial charge on any atom is -0.326 e. The van der Waals surface area contributed by atoms with E-state index in [9.17, 15) is 4.79 Å². The Hall–Kier alpha value is -1.79. The summed E-state index contributed by atoms with van der Waals surface area (Å²) in [6.45, 7) is 4.24. The molecule has 1 aromatic carbocycles. The normalized spacial score (nSPS) is 11.6. The van der Waals surface area contributed by atoms with Gasteiger partial charge in [0.2, 0.25) is 5.91 Å². The summed E-state index contributed by atoms with van der Waals surface area (Å²) >= 11 is 0. The van der Waals surface area contributed by atoms with Crippen LogP contribution in [0.3, 0.4) is 0 Å². The molecule has 0 saturated carbocycles. The average molecular weight is 230 g/mol. The van der Waals surface area contributed by atoms with E-state index in [2.05, 4.69) is 16.6 Å². The highest BCUT2D eigenvalue weighted by Crippen LogP contribution is 2.14. The molecule has 0 aliphatic rings. The monoisotopic (exact) mass is 230 g/mol. The molecule has 3 heteroatoms. The van der Waals surface area contributed by atoms with Crippen LogP contribution in [0.15, 0.2) is 24.3 Å². The summed E-state index contributed by atoms with van der Waals surface area (Å²) in [5.74, 6) is 2.56. The summed E-state index contributed by atoms with van der Waals surface area (Å²) in [6, 6.07) is 8.00. The Morgan fingerprint density at radius 1 is 1.47 bits per heavy atom. The van der Waals surface area contributed by atoms with Crippen molar-refractivity contribution in [3.8, 4) is 12.3 Å². The lowest BCUT2D eigenvalue weighted by Crippen LogP contribution is -2.25. The van der Waals surface area contributed by atoms with Crippen molar-refractivity contribution in [1.29, 1.82) is 0 Å². The van der Waals surface area contributed by atoms with E-state index in [1.54, 1.807) is 0 Å². The Morgan fingerprint density at radius 3 is 2.82 bits per heavy atom. The molecule has 17 heavy (non-hydrogen) atoms. The Labute approximate surface area is 103 Å². The average Bonchev–Trinajstić information content (AvgIpc) is 2.27. The van der Waals surface area contributed by atoms with Crippen LogP contribution in [-0.4, -0.2) is 11.9 Å². The lowest BCUT2D eigenvalue weighted by molar-refractivity contribution is -0.114. The topological polar surface area (TPSA) is 41.1 Å². The second-order valence-corrected chi connectivity index (χ2v) is 4.03. The van der Waals surface area contributed by atoms with E-state index in [1.807, 2.05) is 31.2 Å². The van der Waals surface area contributed by atoms with E-state index >= 15 is 0 Å². The van der Waals surface area contributed by atoms with Crippen molar-refractivity contribution in [2.75, 3.05) is 5.32 Å². The minimum atomic E-state index is -0.0610. The number of carbonyl (C=O) groups excluding carboxylic acids is 1. The Bertz CT molecular complexity index is 420. The first kappa shape index (κ1) is 13.3. The van der Waals surface area contributed by atoms with Crippen molar-refractivity contribution in [2.45, 2.75) is 32.9 Å². The second-order valence-electron chi connectivity index (χ2n) is 4.03. The molecule has 0 aliphatic carbocycles. The van der Waals surface area contributed by atoms with E-state index in [0.29, 0.717) is 13.0 Å². The number of terminal acetylenes is 1. The predicted molar refractivity (Wildman–Crippen MR) is 70.5 cm³/mol. The number of hydrogen-bond donors (Lipinski definition) is 2. The summed E-state index contributed by atoms with van der Waals surface area (Å²) < 4.78 is 0. The number of benzene rings is 1. The van der Waals surface area contributed by atoms with Gasteiger partial charge in [-0.1, -0.05) is 18.2 Å². The molecule has 1 unspecified atom stereocenters. The molecule has 1 rings (SSSR count). The van der Waals surface area contributed by atoms with Crippen LogP contribution in [0.1, 0.15) is 25.8 Å². The second kappa shape index (κ2) is 6.72. The van der Waals surface area contributed by atoms with E-state index in [-0.39, 0.29) is 11.9 Å². The highest BCUT2D eigenvalue weighted by molar-refractivity contribution is 5.89. The summed E-state index contributed by atoms with van der Waals surface area (Å²) in [5.41, 5.74) is 1.91. The van der Waals surface area contributed by atoms with Crippen molar-refractivity contribution >= 4 is 11.6 Å². The van der Waals surface area contributed by atoms with E-state index in [4.69, 9.17) is 6.42 Å². The molecule has 1 aromatic rings. The summed E-state index contributed by atoms with van der Waals surface area (Å²) in [5, 5.41) is 6.13. The van der Waals surface area contributed by atoms with Gasteiger partial charge in [-0.05, 0) is 18.6 Å². The van der Waals surface area contributed by atoms with E-state index < -0.39 is 0 Å². The van der Waals surface area contributed by atoms with Crippen LogP contribution >= 0.6 is 0 Å². The van der Waals surface area contributed by atoms with Gasteiger partial charge in [-0.3, -0.25) is 4.79 Å². The number of hydrogen-bond acceptors (Lipinski definition) is 2. The lowest BCUT2D eigenvalue weighted by Gasteiger charge is -2.14. The Morgan fingerprint density at radius 2 is 2.18 bits per heavy atom. The maximum Gasteiger partial charge on any atom is 0.221 e. The van der Waals surface area contributed by atoms with Crippen molar-refractivity contribution in [3.05, 3.63) is 29.8 Å². The molecule has 90 valence electrons. The highest BCUT2D eigenvalue weighted by atomic mass is 16.1. The molecular formula is C14H18N2O. The fourth-order valence-electron chi connectivity index (χ4n) is 1.52. The number of amides is 1. The van der Waals surface area contributed by atoms with E-state index in [0.717, 1.165) is 11.3 Å². The molecule has 0 aliphatic heterocycles. The Kier molecular flexibility index (Phi) is 5.25. The molecule has 3 nitrogen and oxygen atoms in total. The zero-order valence-corrected chi connectivity index (χ0v) is 10.3. The van der Waals surface area contributed by atoms with Crippen LogP contribution in [0, 0.1) is 12.3 Å². The first-order valence-electron chi connectivity index (χ1n) is 5.66. The predicted octanol–water partition coefficient (Wildman–Crippen LogP) is 2.15. The number of anilines is 1. The van der Waals surface area contributed by atoms with Gasteiger partial charge in [-0.15, -0.1) is 12.3 Å². The molecule has 0 saturated heterocycles. The van der Waals surface area contributed by atoms with Crippen molar-refractivity contribution in [1.82, 2.24) is 5.32 Å². The summed E-state index contributed by atoms with van der Waals surface area (Å²) in [7, 11) is 0. The highest BCUT2D eigenvalue weighted by Gasteiger charge is 2.04. The molecule has 0 heterocycles. The molecule has 0 radical (unpaired) electrons. The van der Waals surface area contributed by atoms with Gasteiger partial charge in [-0.25, -0.2) is 0 Å². The van der Waals surface area contributed by atoms with Gasteiger partial charge in [0, 0.05) is 31.6 Å². The van der Waals surface area contributed by atoms with Crippen LogP contribution in [0.25, 0.3) is 0 Å². The largest absolute Gasteiger partial charge is 0.326 e. The third-order valence-corrected chi connectivity index (χ3v) is 2.39.